The van der Waals surface area contributed by atoms with Gasteiger partial charge in [0.2, 0.25) is 5.91 Å². The molecule has 0 bridgehead atoms. The largest absolute Gasteiger partial charge is 0.391 e. The predicted octanol–water partition coefficient (Wildman–Crippen LogP) is 2.41. The van der Waals surface area contributed by atoms with Gasteiger partial charge in [-0.3, -0.25) is 4.79 Å². The predicted molar refractivity (Wildman–Crippen MR) is 74.3 cm³/mol. The number of hydrogen-bond donors (Lipinski definition) is 2. The summed E-state index contributed by atoms with van der Waals surface area (Å²) in [6, 6.07) is 7.66. The van der Waals surface area contributed by atoms with Gasteiger partial charge in [-0.15, -0.1) is 0 Å². The Labute approximate surface area is 116 Å². The van der Waals surface area contributed by atoms with E-state index in [0.29, 0.717) is 6.42 Å². The van der Waals surface area contributed by atoms with E-state index in [1.54, 1.807) is 0 Å². The first-order chi connectivity index (χ1) is 8.65. The maximum atomic E-state index is 11.9. The van der Waals surface area contributed by atoms with E-state index in [9.17, 15) is 9.90 Å². The molecule has 0 saturated heterocycles. The number of benzene rings is 1. The lowest BCUT2D eigenvalue weighted by Gasteiger charge is -2.28. The van der Waals surface area contributed by atoms with Crippen molar-refractivity contribution in [3.63, 3.8) is 0 Å². The highest BCUT2D eigenvalue weighted by Crippen LogP contribution is 2.18. The SMILES string of the molecule is O=C(Cc1cccc(Br)c1)N[C@H]1CCCC[C@@H]1O. The van der Waals surface area contributed by atoms with E-state index >= 15 is 0 Å². The van der Waals surface area contributed by atoms with E-state index in [0.717, 1.165) is 35.7 Å². The Bertz CT molecular complexity index is 422. The molecule has 98 valence electrons. The van der Waals surface area contributed by atoms with Crippen LogP contribution in [0.4, 0.5) is 0 Å². The molecule has 1 fully saturated rings. The molecule has 1 aromatic rings. The number of amides is 1. The molecule has 1 aliphatic carbocycles. The van der Waals surface area contributed by atoms with Gasteiger partial charge in [-0.2, -0.15) is 0 Å². The van der Waals surface area contributed by atoms with Crippen LogP contribution in [0.15, 0.2) is 28.7 Å². The van der Waals surface area contributed by atoms with E-state index in [1.807, 2.05) is 24.3 Å². The Balaban J connectivity index is 1.88. The fourth-order valence-electron chi connectivity index (χ4n) is 2.37. The summed E-state index contributed by atoms with van der Waals surface area (Å²) in [6.45, 7) is 0. The average molecular weight is 312 g/mol. The normalized spacial score (nSPS) is 23.7. The monoisotopic (exact) mass is 311 g/mol. The summed E-state index contributed by atoms with van der Waals surface area (Å²) < 4.78 is 0.977. The van der Waals surface area contributed by atoms with Crippen molar-refractivity contribution in [2.45, 2.75) is 44.2 Å². The van der Waals surface area contributed by atoms with Crippen molar-refractivity contribution in [2.75, 3.05) is 0 Å². The van der Waals surface area contributed by atoms with Gasteiger partial charge < -0.3 is 10.4 Å². The number of nitrogens with one attached hydrogen (secondary N) is 1. The van der Waals surface area contributed by atoms with Crippen molar-refractivity contribution < 1.29 is 9.90 Å². The first kappa shape index (κ1) is 13.6. The van der Waals surface area contributed by atoms with E-state index in [1.165, 1.54) is 0 Å². The van der Waals surface area contributed by atoms with Gasteiger partial charge in [0.15, 0.2) is 0 Å². The summed E-state index contributed by atoms with van der Waals surface area (Å²) in [6.07, 6.45) is 3.79. The van der Waals surface area contributed by atoms with Crippen molar-refractivity contribution in [3.8, 4) is 0 Å². The third-order valence-corrected chi connectivity index (χ3v) is 3.82. The molecule has 3 nitrogen and oxygen atoms in total. The second-order valence-electron chi connectivity index (χ2n) is 4.83. The molecule has 0 radical (unpaired) electrons. The summed E-state index contributed by atoms with van der Waals surface area (Å²) in [7, 11) is 0. The van der Waals surface area contributed by atoms with E-state index in [4.69, 9.17) is 0 Å². The van der Waals surface area contributed by atoms with E-state index in [-0.39, 0.29) is 18.1 Å². The fourth-order valence-corrected chi connectivity index (χ4v) is 2.82. The van der Waals surface area contributed by atoms with Crippen LogP contribution in [0.3, 0.4) is 0 Å². The Kier molecular flexibility index (Phi) is 4.78. The minimum Gasteiger partial charge on any atom is -0.391 e. The Morgan fingerprint density at radius 2 is 2.17 bits per heavy atom. The molecule has 0 aromatic heterocycles. The molecule has 2 rings (SSSR count). The zero-order chi connectivity index (χ0) is 13.0. The highest BCUT2D eigenvalue weighted by molar-refractivity contribution is 9.10. The molecule has 0 spiro atoms. The maximum Gasteiger partial charge on any atom is 0.224 e. The number of carbonyl (C=O) groups is 1. The van der Waals surface area contributed by atoms with Crippen LogP contribution < -0.4 is 5.32 Å². The molecule has 1 aliphatic rings. The minimum absolute atomic E-state index is 0.0148. The molecular weight excluding hydrogens is 294 g/mol. The molecule has 18 heavy (non-hydrogen) atoms. The fraction of sp³-hybridized carbons (Fsp3) is 0.500. The van der Waals surface area contributed by atoms with Crippen molar-refractivity contribution in [1.82, 2.24) is 5.32 Å². The summed E-state index contributed by atoms with van der Waals surface area (Å²) in [4.78, 5) is 11.9. The van der Waals surface area contributed by atoms with Crippen molar-refractivity contribution in [2.24, 2.45) is 0 Å². The van der Waals surface area contributed by atoms with Crippen molar-refractivity contribution >= 4 is 21.8 Å². The number of halogens is 1. The molecule has 2 N–H and O–H groups in total. The molecule has 0 heterocycles. The van der Waals surface area contributed by atoms with Crippen LogP contribution in [0.5, 0.6) is 0 Å². The summed E-state index contributed by atoms with van der Waals surface area (Å²) >= 11 is 3.39. The van der Waals surface area contributed by atoms with Crippen LogP contribution in [0.1, 0.15) is 31.2 Å². The summed E-state index contributed by atoms with van der Waals surface area (Å²) in [5.41, 5.74) is 0.979. The molecule has 2 atom stereocenters. The lowest BCUT2D eigenvalue weighted by molar-refractivity contribution is -0.122. The summed E-state index contributed by atoms with van der Waals surface area (Å²) in [5, 5.41) is 12.7. The molecule has 1 saturated carbocycles. The number of aliphatic hydroxyl groups is 1. The van der Waals surface area contributed by atoms with Crippen LogP contribution in [0.25, 0.3) is 0 Å². The number of hydrogen-bond acceptors (Lipinski definition) is 2. The maximum absolute atomic E-state index is 11.9. The van der Waals surface area contributed by atoms with Crippen LogP contribution in [-0.2, 0) is 11.2 Å². The van der Waals surface area contributed by atoms with Gasteiger partial charge in [0.1, 0.15) is 0 Å². The third-order valence-electron chi connectivity index (χ3n) is 3.33. The van der Waals surface area contributed by atoms with Gasteiger partial charge >= 0.3 is 0 Å². The molecule has 0 aliphatic heterocycles. The Morgan fingerprint density at radius 1 is 1.39 bits per heavy atom. The Hall–Kier alpha value is -0.870. The second kappa shape index (κ2) is 6.34. The standard InChI is InChI=1S/C14H18BrNO2/c15-11-5-3-4-10(8-11)9-14(18)16-12-6-1-2-7-13(12)17/h3-5,8,12-13,17H,1-2,6-7,9H2,(H,16,18)/t12-,13-/m0/s1. The van der Waals surface area contributed by atoms with Gasteiger partial charge in [-0.25, -0.2) is 0 Å². The van der Waals surface area contributed by atoms with E-state index < -0.39 is 0 Å². The first-order valence-electron chi connectivity index (χ1n) is 6.37. The van der Waals surface area contributed by atoms with Crippen LogP contribution in [0.2, 0.25) is 0 Å². The summed E-state index contributed by atoms with van der Waals surface area (Å²) in [5.74, 6) is -0.0148. The first-order valence-corrected chi connectivity index (χ1v) is 7.16. The minimum atomic E-state index is -0.384. The smallest absolute Gasteiger partial charge is 0.224 e. The van der Waals surface area contributed by atoms with Gasteiger partial charge in [0.25, 0.3) is 0 Å². The molecule has 1 amide bonds. The number of rotatable bonds is 3. The highest BCUT2D eigenvalue weighted by Gasteiger charge is 2.24. The van der Waals surface area contributed by atoms with Gasteiger partial charge in [0, 0.05) is 4.47 Å². The second-order valence-corrected chi connectivity index (χ2v) is 5.75. The van der Waals surface area contributed by atoms with Gasteiger partial charge in [0.05, 0.1) is 18.6 Å². The molecule has 4 heteroatoms. The Morgan fingerprint density at radius 3 is 2.89 bits per heavy atom. The zero-order valence-corrected chi connectivity index (χ0v) is 11.8. The number of aliphatic hydroxyl groups excluding tert-OH is 1. The lowest BCUT2D eigenvalue weighted by atomic mass is 9.92. The van der Waals surface area contributed by atoms with Crippen molar-refractivity contribution in [1.29, 1.82) is 0 Å². The molecule has 0 unspecified atom stereocenters. The topological polar surface area (TPSA) is 49.3 Å². The third kappa shape index (κ3) is 3.82. The quantitative estimate of drug-likeness (QED) is 0.900. The lowest BCUT2D eigenvalue weighted by Crippen LogP contribution is -2.45. The van der Waals surface area contributed by atoms with Gasteiger partial charge in [-0.1, -0.05) is 40.9 Å². The van der Waals surface area contributed by atoms with Crippen molar-refractivity contribution in [3.05, 3.63) is 34.3 Å². The highest BCUT2D eigenvalue weighted by atomic mass is 79.9. The average Bonchev–Trinajstić information content (AvgIpc) is 2.32. The van der Waals surface area contributed by atoms with E-state index in [2.05, 4.69) is 21.2 Å². The van der Waals surface area contributed by atoms with Crippen LogP contribution in [0, 0.1) is 0 Å². The molecule has 1 aromatic carbocycles. The molecular formula is C14H18BrNO2. The van der Waals surface area contributed by atoms with Crippen LogP contribution in [-0.4, -0.2) is 23.2 Å². The van der Waals surface area contributed by atoms with Gasteiger partial charge in [-0.05, 0) is 30.5 Å². The van der Waals surface area contributed by atoms with Crippen LogP contribution >= 0.6 is 15.9 Å². The zero-order valence-electron chi connectivity index (χ0n) is 10.2. The number of carbonyl (C=O) groups excluding carboxylic acids is 1.